The zero-order valence-corrected chi connectivity index (χ0v) is 28.1. The number of benzene rings is 5. The molecule has 264 valence electrons. The summed E-state index contributed by atoms with van der Waals surface area (Å²) in [5.74, 6) is 0.331. The highest BCUT2D eigenvalue weighted by molar-refractivity contribution is 5.94. The number of H-pyrrole nitrogens is 1. The van der Waals surface area contributed by atoms with Gasteiger partial charge in [-0.3, -0.25) is 9.59 Å². The number of aromatic hydroxyl groups is 1. The van der Waals surface area contributed by atoms with Gasteiger partial charge in [-0.05, 0) is 69.8 Å². The Hall–Kier alpha value is -6.43. The van der Waals surface area contributed by atoms with Crippen molar-refractivity contribution in [3.05, 3.63) is 177 Å². The van der Waals surface area contributed by atoms with Crippen LogP contribution in [0.25, 0.3) is 10.9 Å². The Morgan fingerprint density at radius 3 is 2.17 bits per heavy atom. The van der Waals surface area contributed by atoms with Gasteiger partial charge < -0.3 is 41.0 Å². The molecule has 11 nitrogen and oxygen atoms in total. The lowest BCUT2D eigenvalue weighted by atomic mass is 9.98. The van der Waals surface area contributed by atoms with E-state index in [0.717, 1.165) is 27.8 Å². The number of carboxylic acid groups (broad SMARTS) is 1. The van der Waals surface area contributed by atoms with Crippen molar-refractivity contribution in [2.75, 3.05) is 6.54 Å². The van der Waals surface area contributed by atoms with Crippen LogP contribution in [0.5, 0.6) is 11.5 Å². The maximum absolute atomic E-state index is 12.9. The summed E-state index contributed by atoms with van der Waals surface area (Å²) in [6.45, 7) is 1.39. The Bertz CT molecular complexity index is 2200. The van der Waals surface area contributed by atoms with Gasteiger partial charge in [0.25, 0.3) is 5.91 Å². The summed E-state index contributed by atoms with van der Waals surface area (Å²) < 4.78 is 6.01. The second-order valence-electron chi connectivity index (χ2n) is 12.3. The van der Waals surface area contributed by atoms with Crippen LogP contribution in [0.1, 0.15) is 55.9 Å². The van der Waals surface area contributed by atoms with Gasteiger partial charge in [-0.25, -0.2) is 4.79 Å². The molecule has 0 aliphatic heterocycles. The largest absolute Gasteiger partial charge is 0.506 e. The number of carbonyl (C=O) groups excluding carboxylic acids is 1. The van der Waals surface area contributed by atoms with Gasteiger partial charge in [0, 0.05) is 36.7 Å². The number of pyridine rings is 1. The fraction of sp³-hybridized carbons (Fsp3) is 0.146. The van der Waals surface area contributed by atoms with Crippen molar-refractivity contribution in [2.45, 2.75) is 31.8 Å². The average molecular weight is 699 g/mol. The summed E-state index contributed by atoms with van der Waals surface area (Å²) in [5.41, 5.74) is 5.44. The number of amides is 2. The molecule has 0 saturated heterocycles. The number of carbonyl (C=O) groups is 2. The van der Waals surface area contributed by atoms with Crippen molar-refractivity contribution in [3.63, 3.8) is 0 Å². The van der Waals surface area contributed by atoms with Gasteiger partial charge in [0.1, 0.15) is 18.1 Å². The van der Waals surface area contributed by atoms with E-state index in [9.17, 15) is 29.7 Å². The van der Waals surface area contributed by atoms with Crippen LogP contribution in [0.15, 0.2) is 132 Å². The molecule has 1 heterocycles. The van der Waals surface area contributed by atoms with E-state index >= 15 is 0 Å². The lowest BCUT2D eigenvalue weighted by Crippen LogP contribution is -2.27. The zero-order chi connectivity index (χ0) is 36.5. The van der Waals surface area contributed by atoms with Crippen LogP contribution >= 0.6 is 0 Å². The van der Waals surface area contributed by atoms with Gasteiger partial charge in [0.15, 0.2) is 0 Å². The van der Waals surface area contributed by atoms with Crippen LogP contribution < -0.4 is 26.2 Å². The van der Waals surface area contributed by atoms with E-state index in [-0.39, 0.29) is 30.4 Å². The Morgan fingerprint density at radius 2 is 1.44 bits per heavy atom. The number of aromatic nitrogens is 1. The summed E-state index contributed by atoms with van der Waals surface area (Å²) in [5, 5.41) is 39.6. The number of rotatable bonds is 14. The lowest BCUT2D eigenvalue weighted by molar-refractivity contribution is 0.0950. The molecule has 0 aliphatic carbocycles. The van der Waals surface area contributed by atoms with E-state index in [1.807, 2.05) is 91.0 Å². The summed E-state index contributed by atoms with van der Waals surface area (Å²) in [6.07, 6.45) is -1.98. The second kappa shape index (κ2) is 16.5. The molecule has 2 amide bonds. The van der Waals surface area contributed by atoms with E-state index in [1.165, 1.54) is 12.1 Å². The molecule has 0 spiro atoms. The molecule has 6 rings (SSSR count). The number of phenols is 1. The molecule has 11 heteroatoms. The van der Waals surface area contributed by atoms with E-state index in [0.29, 0.717) is 40.9 Å². The van der Waals surface area contributed by atoms with E-state index in [2.05, 4.69) is 20.9 Å². The molecule has 7 N–H and O–H groups in total. The Kier molecular flexibility index (Phi) is 11.2. The lowest BCUT2D eigenvalue weighted by Gasteiger charge is -2.19. The first-order valence-corrected chi connectivity index (χ1v) is 16.7. The summed E-state index contributed by atoms with van der Waals surface area (Å²) in [7, 11) is 0. The predicted molar refractivity (Wildman–Crippen MR) is 197 cm³/mol. The first kappa shape index (κ1) is 35.4. The molecular formula is C41H38N4O7. The standard InChI is InChI=1S/C41H38N4O7/c46-35-19-17-33(34-18-20-37(48)44-39(34)35)36(47)24-42-22-26-9-11-27(12-10-26)23-43-40(49)30-15-13-28(14-16-30)25-52-32-8-4-7-31(21-32)38(45-41(50)51)29-5-2-1-3-6-29/h1-21,36,38,42,45-47H,22-25H2,(H,43,49)(H,44,48)(H,50,51)/t36-,38-/m0/s1. The van der Waals surface area contributed by atoms with Gasteiger partial charge in [-0.1, -0.05) is 84.9 Å². The normalized spacial score (nSPS) is 12.2. The van der Waals surface area contributed by atoms with Crippen LogP contribution in [0.4, 0.5) is 4.79 Å². The molecule has 2 atom stereocenters. The number of nitrogens with one attached hydrogen (secondary N) is 4. The minimum Gasteiger partial charge on any atom is -0.506 e. The molecule has 0 radical (unpaired) electrons. The first-order valence-electron chi connectivity index (χ1n) is 16.7. The quantitative estimate of drug-likeness (QED) is 0.0734. The topological polar surface area (TPSA) is 173 Å². The molecular weight excluding hydrogens is 660 g/mol. The third-order valence-electron chi connectivity index (χ3n) is 8.62. The van der Waals surface area contributed by atoms with Crippen molar-refractivity contribution >= 4 is 22.9 Å². The summed E-state index contributed by atoms with van der Waals surface area (Å²) >= 11 is 0. The van der Waals surface area contributed by atoms with Gasteiger partial charge >= 0.3 is 6.09 Å². The van der Waals surface area contributed by atoms with Crippen LogP contribution in [0.3, 0.4) is 0 Å². The van der Waals surface area contributed by atoms with Crippen molar-refractivity contribution < 1.29 is 29.6 Å². The van der Waals surface area contributed by atoms with Gasteiger partial charge in [-0.2, -0.15) is 0 Å². The third-order valence-corrected chi connectivity index (χ3v) is 8.62. The fourth-order valence-corrected chi connectivity index (χ4v) is 5.90. The maximum Gasteiger partial charge on any atom is 0.405 e. The van der Waals surface area contributed by atoms with E-state index in [4.69, 9.17) is 4.74 Å². The Labute approximate surface area is 299 Å². The Balaban J connectivity index is 0.960. The Morgan fingerprint density at radius 1 is 0.750 bits per heavy atom. The second-order valence-corrected chi connectivity index (χ2v) is 12.3. The minimum absolute atomic E-state index is 0.0559. The highest BCUT2D eigenvalue weighted by Gasteiger charge is 2.17. The molecule has 52 heavy (non-hydrogen) atoms. The smallest absolute Gasteiger partial charge is 0.405 e. The fourth-order valence-electron chi connectivity index (χ4n) is 5.90. The number of ether oxygens (including phenoxy) is 1. The molecule has 1 aromatic heterocycles. The number of hydrogen-bond acceptors (Lipinski definition) is 7. The summed E-state index contributed by atoms with van der Waals surface area (Å²) in [6, 6.07) is 37.1. The van der Waals surface area contributed by atoms with Crippen molar-refractivity contribution in [1.82, 2.24) is 20.9 Å². The van der Waals surface area contributed by atoms with Crippen molar-refractivity contribution in [3.8, 4) is 11.5 Å². The molecule has 0 fully saturated rings. The first-order chi connectivity index (χ1) is 25.2. The molecule has 0 saturated carbocycles. The van der Waals surface area contributed by atoms with Crippen molar-refractivity contribution in [2.24, 2.45) is 0 Å². The van der Waals surface area contributed by atoms with Gasteiger partial charge in [-0.15, -0.1) is 0 Å². The van der Waals surface area contributed by atoms with E-state index < -0.39 is 18.2 Å². The highest BCUT2D eigenvalue weighted by Crippen LogP contribution is 2.29. The van der Waals surface area contributed by atoms with Crippen molar-refractivity contribution in [1.29, 1.82) is 0 Å². The number of aromatic amines is 1. The van der Waals surface area contributed by atoms with Crippen LogP contribution in [-0.4, -0.2) is 38.8 Å². The van der Waals surface area contributed by atoms with Crippen LogP contribution in [-0.2, 0) is 19.7 Å². The van der Waals surface area contributed by atoms with Gasteiger partial charge in [0.2, 0.25) is 5.56 Å². The van der Waals surface area contributed by atoms with E-state index in [1.54, 1.807) is 24.3 Å². The number of hydrogen-bond donors (Lipinski definition) is 7. The van der Waals surface area contributed by atoms with Crippen LogP contribution in [0, 0.1) is 0 Å². The SMILES string of the molecule is O=C(O)N[C@@H](c1ccccc1)c1cccc(OCc2ccc(C(=O)NCc3ccc(CNC[C@H](O)c4ccc(O)c5[nH]c(=O)ccc45)cc3)cc2)c1. The minimum atomic E-state index is -1.12. The molecule has 0 unspecified atom stereocenters. The molecule has 5 aromatic carbocycles. The third kappa shape index (κ3) is 9.02. The number of aliphatic hydroxyl groups excluding tert-OH is 1. The summed E-state index contributed by atoms with van der Waals surface area (Å²) in [4.78, 5) is 38.6. The highest BCUT2D eigenvalue weighted by atomic mass is 16.5. The monoisotopic (exact) mass is 698 g/mol. The number of phenolic OH excluding ortho intramolecular Hbond substituents is 1. The van der Waals surface area contributed by atoms with Gasteiger partial charge in [0.05, 0.1) is 17.7 Å². The number of aliphatic hydroxyl groups is 1. The maximum atomic E-state index is 12.9. The molecule has 6 aromatic rings. The average Bonchev–Trinajstić information content (AvgIpc) is 3.16. The zero-order valence-electron chi connectivity index (χ0n) is 28.1. The molecule has 0 bridgehead atoms. The predicted octanol–water partition coefficient (Wildman–Crippen LogP) is 5.92. The number of fused-ring (bicyclic) bond motifs is 1. The molecule has 0 aliphatic rings. The van der Waals surface area contributed by atoms with Crippen LogP contribution in [0.2, 0.25) is 0 Å².